The minimum atomic E-state index is -2.37. The van der Waals surface area contributed by atoms with Gasteiger partial charge in [-0.05, 0) is 47.5 Å². The Bertz CT molecular complexity index is 1750. The van der Waals surface area contributed by atoms with Crippen LogP contribution in [0.1, 0.15) is 53.3 Å². The molecule has 1 heterocycles. The summed E-state index contributed by atoms with van der Waals surface area (Å²) < 4.78 is 82.3. The lowest BCUT2D eigenvalue weighted by molar-refractivity contribution is -0.268. The lowest BCUT2D eigenvalue weighted by Crippen LogP contribution is -2.38. The zero-order valence-corrected chi connectivity index (χ0v) is 25.8. The lowest BCUT2D eigenvalue weighted by atomic mass is 9.91. The van der Waals surface area contributed by atoms with Crippen molar-refractivity contribution >= 4 is 35.0 Å². The van der Waals surface area contributed by atoms with Crippen molar-refractivity contribution in [3.8, 4) is 0 Å². The summed E-state index contributed by atoms with van der Waals surface area (Å²) in [5, 5.41) is 14.4. The first-order chi connectivity index (χ1) is 22.5. The van der Waals surface area contributed by atoms with Gasteiger partial charge in [0.2, 0.25) is 11.7 Å². The van der Waals surface area contributed by atoms with Crippen molar-refractivity contribution in [2.24, 2.45) is 5.92 Å². The van der Waals surface area contributed by atoms with Gasteiger partial charge in [-0.2, -0.15) is 0 Å². The predicted molar refractivity (Wildman–Crippen MR) is 165 cm³/mol. The van der Waals surface area contributed by atoms with E-state index in [2.05, 4.69) is 10.6 Å². The van der Waals surface area contributed by atoms with Gasteiger partial charge in [-0.1, -0.05) is 43.3 Å². The molecule has 0 radical (unpaired) electrons. The van der Waals surface area contributed by atoms with Gasteiger partial charge in [-0.25, -0.2) is 22.0 Å². The highest BCUT2D eigenvalue weighted by atomic mass is 32.2. The summed E-state index contributed by atoms with van der Waals surface area (Å²) >= 11 is 1.53. The van der Waals surface area contributed by atoms with Crippen LogP contribution in [0.25, 0.3) is 0 Å². The molecule has 2 amide bonds. The van der Waals surface area contributed by atoms with Crippen LogP contribution in [-0.4, -0.2) is 28.8 Å². The van der Waals surface area contributed by atoms with Gasteiger partial charge in [0.1, 0.15) is 5.56 Å². The highest BCUT2D eigenvalue weighted by molar-refractivity contribution is 7.99. The fourth-order valence-corrected chi connectivity index (χ4v) is 6.15. The summed E-state index contributed by atoms with van der Waals surface area (Å²) in [6.07, 6.45) is -1.82. The SMILES string of the molecule is CC(=O)Nc1ccc(SCC2OC(c3cccc(NC(=O)c4c(F)c(F)c(F)c(F)c4F)c3)OC(c3ccc(CO)cc3)C2C)cc1. The van der Waals surface area contributed by atoms with Crippen LogP contribution >= 0.6 is 11.8 Å². The second kappa shape index (κ2) is 14.6. The fraction of sp³-hybridized carbons (Fsp3) is 0.235. The Morgan fingerprint density at radius 3 is 2.04 bits per heavy atom. The van der Waals surface area contributed by atoms with Crippen molar-refractivity contribution in [3.05, 3.63) is 124 Å². The molecule has 0 saturated carbocycles. The highest BCUT2D eigenvalue weighted by Crippen LogP contribution is 2.43. The Kier molecular flexibility index (Phi) is 10.6. The Morgan fingerprint density at radius 2 is 1.43 bits per heavy atom. The Morgan fingerprint density at radius 1 is 0.787 bits per heavy atom. The maximum Gasteiger partial charge on any atom is 0.261 e. The second-order valence-electron chi connectivity index (χ2n) is 10.9. The lowest BCUT2D eigenvalue weighted by Gasteiger charge is -2.41. The number of ether oxygens (including phenoxy) is 2. The molecule has 1 fully saturated rings. The molecule has 13 heteroatoms. The van der Waals surface area contributed by atoms with E-state index >= 15 is 0 Å². The number of amides is 2. The van der Waals surface area contributed by atoms with E-state index in [4.69, 9.17) is 9.47 Å². The zero-order valence-electron chi connectivity index (χ0n) is 25.0. The van der Waals surface area contributed by atoms with Crippen LogP contribution in [0.5, 0.6) is 0 Å². The molecular formula is C34H29F5N2O5S. The van der Waals surface area contributed by atoms with Crippen LogP contribution in [0.3, 0.4) is 0 Å². The van der Waals surface area contributed by atoms with Crippen molar-refractivity contribution in [1.82, 2.24) is 0 Å². The molecule has 1 aliphatic rings. The van der Waals surface area contributed by atoms with Crippen molar-refractivity contribution in [2.45, 2.75) is 43.8 Å². The number of rotatable bonds is 9. The largest absolute Gasteiger partial charge is 0.392 e. The smallest absolute Gasteiger partial charge is 0.261 e. The molecule has 47 heavy (non-hydrogen) atoms. The monoisotopic (exact) mass is 672 g/mol. The van der Waals surface area contributed by atoms with Crippen LogP contribution in [0, 0.1) is 35.0 Å². The van der Waals surface area contributed by atoms with Crippen molar-refractivity contribution in [1.29, 1.82) is 0 Å². The Hall–Kier alpha value is -4.30. The Balaban J connectivity index is 1.39. The number of halogens is 5. The average molecular weight is 673 g/mol. The van der Waals surface area contributed by atoms with E-state index in [1.54, 1.807) is 30.3 Å². The third-order valence-electron chi connectivity index (χ3n) is 7.57. The molecule has 4 unspecified atom stereocenters. The molecule has 0 bridgehead atoms. The minimum absolute atomic E-state index is 0.00343. The zero-order chi connectivity index (χ0) is 33.8. The van der Waals surface area contributed by atoms with Crippen LogP contribution < -0.4 is 10.6 Å². The number of carbonyl (C=O) groups is 2. The molecule has 4 aromatic rings. The van der Waals surface area contributed by atoms with Gasteiger partial charge in [0.05, 0.1) is 18.8 Å². The summed E-state index contributed by atoms with van der Waals surface area (Å²) in [5.74, 6) is -12.7. The van der Waals surface area contributed by atoms with Gasteiger partial charge in [-0.15, -0.1) is 11.8 Å². The van der Waals surface area contributed by atoms with E-state index in [1.807, 2.05) is 31.2 Å². The van der Waals surface area contributed by atoms with E-state index < -0.39 is 53.0 Å². The molecule has 246 valence electrons. The molecule has 4 atom stereocenters. The number of nitrogens with one attached hydrogen (secondary N) is 2. The van der Waals surface area contributed by atoms with Crippen LogP contribution in [0.2, 0.25) is 0 Å². The van der Waals surface area contributed by atoms with Gasteiger partial charge < -0.3 is 25.2 Å². The summed E-state index contributed by atoms with van der Waals surface area (Å²) in [4.78, 5) is 25.0. The summed E-state index contributed by atoms with van der Waals surface area (Å²) in [5.41, 5.74) is 1.01. The van der Waals surface area contributed by atoms with Gasteiger partial charge in [-0.3, -0.25) is 9.59 Å². The van der Waals surface area contributed by atoms with Gasteiger partial charge in [0.25, 0.3) is 5.91 Å². The van der Waals surface area contributed by atoms with E-state index in [0.29, 0.717) is 17.0 Å². The van der Waals surface area contributed by atoms with E-state index in [-0.39, 0.29) is 30.2 Å². The molecule has 0 aliphatic carbocycles. The summed E-state index contributed by atoms with van der Waals surface area (Å²) in [7, 11) is 0. The van der Waals surface area contributed by atoms with E-state index in [0.717, 1.165) is 16.0 Å². The van der Waals surface area contributed by atoms with Crippen molar-refractivity contribution in [3.63, 3.8) is 0 Å². The van der Waals surface area contributed by atoms with Gasteiger partial charge in [0, 0.05) is 40.4 Å². The molecule has 0 aromatic heterocycles. The summed E-state index contributed by atoms with van der Waals surface area (Å²) in [6, 6.07) is 20.5. The number of thioether (sulfide) groups is 1. The minimum Gasteiger partial charge on any atom is -0.392 e. The molecule has 1 saturated heterocycles. The number of hydrogen-bond donors (Lipinski definition) is 3. The first-order valence-corrected chi connectivity index (χ1v) is 15.4. The third kappa shape index (κ3) is 7.65. The molecule has 4 aromatic carbocycles. The quantitative estimate of drug-likeness (QED) is 0.0731. The highest BCUT2D eigenvalue weighted by Gasteiger charge is 2.38. The third-order valence-corrected chi connectivity index (χ3v) is 8.67. The maximum atomic E-state index is 14.3. The fourth-order valence-electron chi connectivity index (χ4n) is 5.09. The van der Waals surface area contributed by atoms with Gasteiger partial charge in [0.15, 0.2) is 29.6 Å². The molecule has 0 spiro atoms. The standard InChI is InChI=1S/C34H29F5N2O5S/c1-17-25(16-47-24-12-10-22(11-13-24)40-18(2)43)45-34(46-32(17)20-8-6-19(15-42)7-9-20)21-4-3-5-23(14-21)41-33(44)26-27(35)29(37)31(39)30(38)28(26)36/h3-14,17,25,32,34,42H,15-16H2,1-2H3,(H,40,43)(H,41,44). The van der Waals surface area contributed by atoms with Crippen LogP contribution in [-0.2, 0) is 20.9 Å². The van der Waals surface area contributed by atoms with Crippen molar-refractivity contribution in [2.75, 3.05) is 16.4 Å². The molecule has 5 rings (SSSR count). The van der Waals surface area contributed by atoms with Crippen LogP contribution in [0.15, 0.2) is 77.7 Å². The number of anilines is 2. The second-order valence-corrected chi connectivity index (χ2v) is 12.0. The average Bonchev–Trinajstić information content (AvgIpc) is 3.06. The molecule has 7 nitrogen and oxygen atoms in total. The number of aliphatic hydroxyl groups is 1. The molecule has 3 N–H and O–H groups in total. The number of carbonyl (C=O) groups excluding carboxylic acids is 2. The van der Waals surface area contributed by atoms with E-state index in [9.17, 15) is 36.6 Å². The number of hydrogen-bond acceptors (Lipinski definition) is 6. The predicted octanol–water partition coefficient (Wildman–Crippen LogP) is 7.67. The van der Waals surface area contributed by atoms with Crippen molar-refractivity contribution < 1.29 is 46.1 Å². The number of benzene rings is 4. The van der Waals surface area contributed by atoms with Gasteiger partial charge >= 0.3 is 0 Å². The summed E-state index contributed by atoms with van der Waals surface area (Å²) in [6.45, 7) is 3.27. The first-order valence-electron chi connectivity index (χ1n) is 14.4. The van der Waals surface area contributed by atoms with Crippen LogP contribution in [0.4, 0.5) is 33.3 Å². The topological polar surface area (TPSA) is 96.9 Å². The Labute approximate surface area is 271 Å². The normalized spacial score (nSPS) is 19.3. The first kappa shape index (κ1) is 34.0. The molecular weight excluding hydrogens is 643 g/mol. The molecule has 1 aliphatic heterocycles. The van der Waals surface area contributed by atoms with E-state index in [1.165, 1.54) is 36.9 Å². The maximum absolute atomic E-state index is 14.3. The number of aliphatic hydroxyl groups excluding tert-OH is 1.